The molecule has 1 saturated heterocycles. The van der Waals surface area contributed by atoms with Crippen molar-refractivity contribution < 1.29 is 14.3 Å². The highest BCUT2D eigenvalue weighted by Crippen LogP contribution is 2.28. The number of benzene rings is 2. The number of ether oxygens (including phenoxy) is 1. The van der Waals surface area contributed by atoms with E-state index in [-0.39, 0.29) is 24.2 Å². The lowest BCUT2D eigenvalue weighted by Gasteiger charge is -2.19. The first-order valence-electron chi connectivity index (χ1n) is 8.48. The van der Waals surface area contributed by atoms with Crippen LogP contribution < -0.4 is 15.0 Å². The number of carbonyl (C=O) groups is 2. The van der Waals surface area contributed by atoms with E-state index in [0.29, 0.717) is 18.8 Å². The van der Waals surface area contributed by atoms with Crippen LogP contribution in [0.25, 0.3) is 0 Å². The second-order valence-corrected chi connectivity index (χ2v) is 6.14. The first-order valence-corrected chi connectivity index (χ1v) is 8.48. The molecule has 1 fully saturated rings. The summed E-state index contributed by atoms with van der Waals surface area (Å²) in [4.78, 5) is 26.6. The number of hydrogen-bond acceptors (Lipinski definition) is 3. The second kappa shape index (κ2) is 7.38. The van der Waals surface area contributed by atoms with Gasteiger partial charge in [-0.3, -0.25) is 9.59 Å². The third-order valence-electron chi connectivity index (χ3n) is 4.33. The van der Waals surface area contributed by atoms with Crippen LogP contribution in [-0.4, -0.2) is 25.0 Å². The number of nitrogens with zero attached hydrogens (tertiary/aromatic N) is 1. The maximum atomic E-state index is 12.5. The van der Waals surface area contributed by atoms with Gasteiger partial charge in [-0.2, -0.15) is 0 Å². The van der Waals surface area contributed by atoms with Gasteiger partial charge in [-0.15, -0.1) is 0 Å². The molecule has 0 aliphatic carbocycles. The van der Waals surface area contributed by atoms with Gasteiger partial charge in [0.15, 0.2) is 0 Å². The number of amides is 2. The van der Waals surface area contributed by atoms with Crippen LogP contribution in [0.2, 0.25) is 0 Å². The molecule has 0 spiro atoms. The maximum absolute atomic E-state index is 12.5. The molecule has 1 aliphatic rings. The van der Waals surface area contributed by atoms with Gasteiger partial charge in [0, 0.05) is 24.3 Å². The smallest absolute Gasteiger partial charge is 0.229 e. The van der Waals surface area contributed by atoms with Crippen molar-refractivity contribution in [3.05, 3.63) is 54.1 Å². The SMILES string of the molecule is CCOc1ccc(NC(=O)C2CC(=O)N(c3ccccc3C)C2)cc1. The van der Waals surface area contributed by atoms with Gasteiger partial charge >= 0.3 is 0 Å². The Kier molecular flexibility index (Phi) is 5.03. The third-order valence-corrected chi connectivity index (χ3v) is 4.33. The molecule has 0 aromatic heterocycles. The Hall–Kier alpha value is -2.82. The number of aryl methyl sites for hydroxylation is 1. The van der Waals surface area contributed by atoms with Crippen LogP contribution in [0.4, 0.5) is 11.4 Å². The molecule has 2 aromatic rings. The number of anilines is 2. The van der Waals surface area contributed by atoms with Crippen LogP contribution in [0.1, 0.15) is 18.9 Å². The van der Waals surface area contributed by atoms with E-state index in [2.05, 4.69) is 5.32 Å². The third kappa shape index (κ3) is 3.82. The Labute approximate surface area is 147 Å². The maximum Gasteiger partial charge on any atom is 0.229 e. The summed E-state index contributed by atoms with van der Waals surface area (Å²) in [5, 5.41) is 2.89. The summed E-state index contributed by atoms with van der Waals surface area (Å²) in [6.45, 7) is 4.90. The van der Waals surface area contributed by atoms with Gasteiger partial charge < -0.3 is 15.0 Å². The fraction of sp³-hybridized carbons (Fsp3) is 0.300. The van der Waals surface area contributed by atoms with Crippen LogP contribution in [0.5, 0.6) is 5.75 Å². The van der Waals surface area contributed by atoms with E-state index in [9.17, 15) is 9.59 Å². The molecule has 2 aromatic carbocycles. The number of hydrogen-bond donors (Lipinski definition) is 1. The quantitative estimate of drug-likeness (QED) is 0.909. The van der Waals surface area contributed by atoms with Crippen molar-refractivity contribution >= 4 is 23.2 Å². The first-order chi connectivity index (χ1) is 12.1. The van der Waals surface area contributed by atoms with E-state index in [1.54, 1.807) is 17.0 Å². The zero-order valence-electron chi connectivity index (χ0n) is 14.5. The summed E-state index contributed by atoms with van der Waals surface area (Å²) in [6, 6.07) is 15.0. The van der Waals surface area contributed by atoms with E-state index < -0.39 is 0 Å². The van der Waals surface area contributed by atoms with Crippen molar-refractivity contribution in [1.82, 2.24) is 0 Å². The topological polar surface area (TPSA) is 58.6 Å². The molecule has 2 amide bonds. The van der Waals surface area contributed by atoms with Gasteiger partial charge in [0.05, 0.1) is 12.5 Å². The van der Waals surface area contributed by atoms with Crippen LogP contribution in [-0.2, 0) is 9.59 Å². The molecule has 1 heterocycles. The molecule has 0 bridgehead atoms. The van der Waals surface area contributed by atoms with E-state index in [0.717, 1.165) is 17.0 Å². The van der Waals surface area contributed by atoms with Crippen LogP contribution >= 0.6 is 0 Å². The highest BCUT2D eigenvalue weighted by Gasteiger charge is 2.35. The van der Waals surface area contributed by atoms with Crippen molar-refractivity contribution in [2.75, 3.05) is 23.4 Å². The molecule has 5 heteroatoms. The lowest BCUT2D eigenvalue weighted by Crippen LogP contribution is -2.28. The van der Waals surface area contributed by atoms with E-state index in [1.165, 1.54) is 0 Å². The van der Waals surface area contributed by atoms with E-state index in [1.807, 2.05) is 50.2 Å². The molecule has 25 heavy (non-hydrogen) atoms. The number of carbonyl (C=O) groups excluding carboxylic acids is 2. The monoisotopic (exact) mass is 338 g/mol. The van der Waals surface area contributed by atoms with Crippen LogP contribution in [0.15, 0.2) is 48.5 Å². The minimum Gasteiger partial charge on any atom is -0.494 e. The summed E-state index contributed by atoms with van der Waals surface area (Å²) >= 11 is 0. The summed E-state index contributed by atoms with van der Waals surface area (Å²) in [5.74, 6) is 0.274. The Morgan fingerprint density at radius 2 is 1.92 bits per heavy atom. The minimum atomic E-state index is -0.348. The van der Waals surface area contributed by atoms with Crippen molar-refractivity contribution in [3.8, 4) is 5.75 Å². The Morgan fingerprint density at radius 3 is 2.60 bits per heavy atom. The van der Waals surface area contributed by atoms with Gasteiger partial charge in [-0.05, 0) is 49.7 Å². The summed E-state index contributed by atoms with van der Waals surface area (Å²) in [5.41, 5.74) is 2.61. The highest BCUT2D eigenvalue weighted by atomic mass is 16.5. The fourth-order valence-corrected chi connectivity index (χ4v) is 3.03. The zero-order chi connectivity index (χ0) is 17.8. The molecule has 130 valence electrons. The predicted octanol–water partition coefficient (Wildman–Crippen LogP) is 3.39. The Morgan fingerprint density at radius 1 is 1.20 bits per heavy atom. The number of para-hydroxylation sites is 1. The molecule has 1 atom stereocenters. The standard InChI is InChI=1S/C20H22N2O3/c1-3-25-17-10-8-16(9-11-17)21-20(24)15-12-19(23)22(13-15)18-7-5-4-6-14(18)2/h4-11,15H,3,12-13H2,1-2H3,(H,21,24). The van der Waals surface area contributed by atoms with Gasteiger partial charge in [-0.25, -0.2) is 0 Å². The Bertz CT molecular complexity index is 771. The van der Waals surface area contributed by atoms with E-state index in [4.69, 9.17) is 4.74 Å². The molecule has 3 rings (SSSR count). The Balaban J connectivity index is 1.65. The molecule has 5 nitrogen and oxygen atoms in total. The molecule has 1 unspecified atom stereocenters. The van der Waals surface area contributed by atoms with Crippen molar-refractivity contribution in [2.45, 2.75) is 20.3 Å². The van der Waals surface area contributed by atoms with Crippen LogP contribution in [0, 0.1) is 12.8 Å². The average molecular weight is 338 g/mol. The van der Waals surface area contributed by atoms with Gasteiger partial charge in [0.25, 0.3) is 0 Å². The lowest BCUT2D eigenvalue weighted by atomic mass is 10.1. The summed E-state index contributed by atoms with van der Waals surface area (Å²) in [6.07, 6.45) is 0.233. The molecular formula is C20H22N2O3. The number of rotatable bonds is 5. The second-order valence-electron chi connectivity index (χ2n) is 6.14. The van der Waals surface area contributed by atoms with Gasteiger partial charge in [0.2, 0.25) is 11.8 Å². The van der Waals surface area contributed by atoms with Crippen molar-refractivity contribution in [2.24, 2.45) is 5.92 Å². The number of nitrogens with one attached hydrogen (secondary N) is 1. The minimum absolute atomic E-state index is 0.0128. The predicted molar refractivity (Wildman–Crippen MR) is 97.9 cm³/mol. The largest absolute Gasteiger partial charge is 0.494 e. The summed E-state index contributed by atoms with van der Waals surface area (Å²) < 4.78 is 5.39. The highest BCUT2D eigenvalue weighted by molar-refractivity contribution is 6.03. The van der Waals surface area contributed by atoms with Crippen molar-refractivity contribution in [1.29, 1.82) is 0 Å². The van der Waals surface area contributed by atoms with Crippen LogP contribution in [0.3, 0.4) is 0 Å². The van der Waals surface area contributed by atoms with Gasteiger partial charge in [0.1, 0.15) is 5.75 Å². The average Bonchev–Trinajstić information content (AvgIpc) is 2.99. The normalized spacial score (nSPS) is 16.8. The van der Waals surface area contributed by atoms with Gasteiger partial charge in [-0.1, -0.05) is 18.2 Å². The molecule has 1 aliphatic heterocycles. The molecule has 0 radical (unpaired) electrons. The molecule has 0 saturated carbocycles. The summed E-state index contributed by atoms with van der Waals surface area (Å²) in [7, 11) is 0. The zero-order valence-corrected chi connectivity index (χ0v) is 14.5. The lowest BCUT2D eigenvalue weighted by molar-refractivity contribution is -0.122. The first kappa shape index (κ1) is 17.0. The fourth-order valence-electron chi connectivity index (χ4n) is 3.03. The molecule has 1 N–H and O–H groups in total. The van der Waals surface area contributed by atoms with E-state index >= 15 is 0 Å². The molecular weight excluding hydrogens is 316 g/mol. The van der Waals surface area contributed by atoms with Crippen molar-refractivity contribution in [3.63, 3.8) is 0 Å².